The number of hydrogen-bond acceptors (Lipinski definition) is 4. The molecule has 146 valence electrons. The third kappa shape index (κ3) is 5.57. The molecule has 0 spiro atoms. The number of carbonyl (C=O) groups excluding carboxylic acids is 2. The number of rotatable bonds is 9. The molecule has 0 aliphatic heterocycles. The lowest BCUT2D eigenvalue weighted by Crippen LogP contribution is -2.25. The maximum atomic E-state index is 12.8. The summed E-state index contributed by atoms with van der Waals surface area (Å²) >= 11 is 0. The molecule has 0 bridgehead atoms. The SMILES string of the molecule is CCOC(=O)c1c(C)[nH]c(C(=O)NCCCCOc2ccc(F)cc2)c1C. The minimum absolute atomic E-state index is 0.259. The Morgan fingerprint density at radius 2 is 1.85 bits per heavy atom. The molecule has 1 heterocycles. The molecule has 6 nitrogen and oxygen atoms in total. The van der Waals surface area contributed by atoms with E-state index in [0.717, 1.165) is 12.8 Å². The second-order valence-electron chi connectivity index (χ2n) is 6.11. The Kier molecular flexibility index (Phi) is 7.40. The molecule has 0 saturated carbocycles. The maximum Gasteiger partial charge on any atom is 0.340 e. The van der Waals surface area contributed by atoms with Crippen LogP contribution in [0.15, 0.2) is 24.3 Å². The lowest BCUT2D eigenvalue weighted by Gasteiger charge is -2.07. The molecule has 27 heavy (non-hydrogen) atoms. The second-order valence-corrected chi connectivity index (χ2v) is 6.11. The molecular weight excluding hydrogens is 351 g/mol. The molecule has 0 fully saturated rings. The fourth-order valence-corrected chi connectivity index (χ4v) is 2.72. The zero-order chi connectivity index (χ0) is 19.8. The first-order valence-corrected chi connectivity index (χ1v) is 8.96. The summed E-state index contributed by atoms with van der Waals surface area (Å²) in [5, 5.41) is 2.83. The van der Waals surface area contributed by atoms with Crippen LogP contribution < -0.4 is 10.1 Å². The predicted octanol–water partition coefficient (Wildman–Crippen LogP) is 3.54. The second kappa shape index (κ2) is 9.75. The van der Waals surface area contributed by atoms with Gasteiger partial charge in [-0.2, -0.15) is 0 Å². The quantitative estimate of drug-likeness (QED) is 0.518. The molecule has 1 amide bonds. The Morgan fingerprint density at radius 3 is 2.52 bits per heavy atom. The lowest BCUT2D eigenvalue weighted by molar-refractivity contribution is 0.0525. The summed E-state index contributed by atoms with van der Waals surface area (Å²) in [6.07, 6.45) is 1.48. The monoisotopic (exact) mass is 376 g/mol. The van der Waals surface area contributed by atoms with E-state index in [-0.39, 0.29) is 18.3 Å². The third-order valence-electron chi connectivity index (χ3n) is 4.08. The number of carbonyl (C=O) groups is 2. The smallest absolute Gasteiger partial charge is 0.340 e. The summed E-state index contributed by atoms with van der Waals surface area (Å²) < 4.78 is 23.3. The van der Waals surface area contributed by atoms with Crippen molar-refractivity contribution in [3.8, 4) is 5.75 Å². The van der Waals surface area contributed by atoms with E-state index in [2.05, 4.69) is 10.3 Å². The van der Waals surface area contributed by atoms with E-state index in [1.807, 2.05) is 0 Å². The van der Waals surface area contributed by atoms with Crippen LogP contribution in [0, 0.1) is 19.7 Å². The van der Waals surface area contributed by atoms with Crippen LogP contribution >= 0.6 is 0 Å². The molecule has 1 aromatic carbocycles. The van der Waals surface area contributed by atoms with Crippen LogP contribution in [0.1, 0.15) is 51.9 Å². The molecule has 0 aliphatic rings. The zero-order valence-electron chi connectivity index (χ0n) is 15.9. The molecule has 0 aliphatic carbocycles. The largest absolute Gasteiger partial charge is 0.494 e. The van der Waals surface area contributed by atoms with Gasteiger partial charge < -0.3 is 19.8 Å². The van der Waals surface area contributed by atoms with Crippen LogP contribution in [0.3, 0.4) is 0 Å². The maximum absolute atomic E-state index is 12.8. The van der Waals surface area contributed by atoms with Crippen molar-refractivity contribution < 1.29 is 23.5 Å². The van der Waals surface area contributed by atoms with Crippen LogP contribution in [-0.4, -0.2) is 36.6 Å². The highest BCUT2D eigenvalue weighted by Crippen LogP contribution is 2.19. The number of aromatic amines is 1. The summed E-state index contributed by atoms with van der Waals surface area (Å²) in [5.41, 5.74) is 1.99. The van der Waals surface area contributed by atoms with E-state index < -0.39 is 5.97 Å². The minimum atomic E-state index is -0.430. The summed E-state index contributed by atoms with van der Waals surface area (Å²) in [6, 6.07) is 5.85. The number of esters is 1. The van der Waals surface area contributed by atoms with Gasteiger partial charge in [0.25, 0.3) is 5.91 Å². The molecule has 1 aromatic heterocycles. The summed E-state index contributed by atoms with van der Waals surface area (Å²) in [5.74, 6) is -0.373. The van der Waals surface area contributed by atoms with Crippen molar-refractivity contribution in [2.45, 2.75) is 33.6 Å². The van der Waals surface area contributed by atoms with Crippen molar-refractivity contribution in [1.29, 1.82) is 0 Å². The molecule has 0 unspecified atom stereocenters. The standard InChI is InChI=1S/C20H25FN2O4/c1-4-26-20(25)17-13(2)18(23-14(17)3)19(24)22-11-5-6-12-27-16-9-7-15(21)8-10-16/h7-10,23H,4-6,11-12H2,1-3H3,(H,22,24). The summed E-state index contributed by atoms with van der Waals surface area (Å²) in [6.45, 7) is 6.45. The Balaban J connectivity index is 1.76. The van der Waals surface area contributed by atoms with Gasteiger partial charge in [0.15, 0.2) is 0 Å². The summed E-state index contributed by atoms with van der Waals surface area (Å²) in [7, 11) is 0. The normalized spacial score (nSPS) is 10.5. The van der Waals surface area contributed by atoms with Crippen LogP contribution in [0.25, 0.3) is 0 Å². The minimum Gasteiger partial charge on any atom is -0.494 e. The highest BCUT2D eigenvalue weighted by molar-refractivity contribution is 6.00. The highest BCUT2D eigenvalue weighted by atomic mass is 19.1. The van der Waals surface area contributed by atoms with Crippen LogP contribution in [0.2, 0.25) is 0 Å². The molecule has 0 radical (unpaired) electrons. The first-order chi connectivity index (χ1) is 12.9. The predicted molar refractivity (Wildman–Crippen MR) is 99.7 cm³/mol. The summed E-state index contributed by atoms with van der Waals surface area (Å²) in [4.78, 5) is 27.3. The van der Waals surface area contributed by atoms with Gasteiger partial charge in [-0.3, -0.25) is 4.79 Å². The van der Waals surface area contributed by atoms with Crippen molar-refractivity contribution in [3.63, 3.8) is 0 Å². The zero-order valence-corrected chi connectivity index (χ0v) is 15.9. The average molecular weight is 376 g/mol. The number of aryl methyl sites for hydroxylation is 1. The number of ether oxygens (including phenoxy) is 2. The van der Waals surface area contributed by atoms with Gasteiger partial charge in [-0.25, -0.2) is 9.18 Å². The van der Waals surface area contributed by atoms with Crippen molar-refractivity contribution in [3.05, 3.63) is 52.6 Å². The van der Waals surface area contributed by atoms with Crippen molar-refractivity contribution in [2.75, 3.05) is 19.8 Å². The van der Waals surface area contributed by atoms with E-state index in [9.17, 15) is 14.0 Å². The number of nitrogens with one attached hydrogen (secondary N) is 2. The fourth-order valence-electron chi connectivity index (χ4n) is 2.72. The van der Waals surface area contributed by atoms with Gasteiger partial charge in [0.05, 0.1) is 18.8 Å². The molecule has 2 rings (SSSR count). The van der Waals surface area contributed by atoms with E-state index >= 15 is 0 Å². The lowest BCUT2D eigenvalue weighted by atomic mass is 10.1. The number of hydrogen-bond donors (Lipinski definition) is 2. The first kappa shape index (κ1) is 20.5. The Labute approximate surface area is 158 Å². The number of benzene rings is 1. The van der Waals surface area contributed by atoms with Crippen molar-refractivity contribution in [1.82, 2.24) is 10.3 Å². The van der Waals surface area contributed by atoms with Gasteiger partial charge in [0.1, 0.15) is 17.3 Å². The molecular formula is C20H25FN2O4. The molecule has 2 N–H and O–H groups in total. The van der Waals surface area contributed by atoms with E-state index in [4.69, 9.17) is 9.47 Å². The Hall–Kier alpha value is -2.83. The van der Waals surface area contributed by atoms with Gasteiger partial charge >= 0.3 is 5.97 Å². The topological polar surface area (TPSA) is 80.4 Å². The number of aromatic nitrogens is 1. The van der Waals surface area contributed by atoms with Gasteiger partial charge in [0.2, 0.25) is 0 Å². The Morgan fingerprint density at radius 1 is 1.15 bits per heavy atom. The Bertz CT molecular complexity index is 784. The molecule has 2 aromatic rings. The third-order valence-corrected chi connectivity index (χ3v) is 4.08. The van der Waals surface area contributed by atoms with E-state index in [0.29, 0.717) is 41.4 Å². The number of unbranched alkanes of at least 4 members (excludes halogenated alkanes) is 1. The van der Waals surface area contributed by atoms with Crippen LogP contribution in [0.4, 0.5) is 4.39 Å². The van der Waals surface area contributed by atoms with Crippen LogP contribution in [-0.2, 0) is 4.74 Å². The van der Waals surface area contributed by atoms with E-state index in [1.54, 1.807) is 32.9 Å². The number of amides is 1. The molecule has 0 saturated heterocycles. The van der Waals surface area contributed by atoms with Crippen molar-refractivity contribution >= 4 is 11.9 Å². The number of halogens is 1. The molecule has 7 heteroatoms. The average Bonchev–Trinajstić information content (AvgIpc) is 2.94. The van der Waals surface area contributed by atoms with Gasteiger partial charge in [-0.1, -0.05) is 0 Å². The molecule has 0 atom stereocenters. The fraction of sp³-hybridized carbons (Fsp3) is 0.400. The van der Waals surface area contributed by atoms with Crippen LogP contribution in [0.5, 0.6) is 5.75 Å². The van der Waals surface area contributed by atoms with Gasteiger partial charge in [0, 0.05) is 12.2 Å². The van der Waals surface area contributed by atoms with Crippen molar-refractivity contribution in [2.24, 2.45) is 0 Å². The van der Waals surface area contributed by atoms with Gasteiger partial charge in [-0.15, -0.1) is 0 Å². The van der Waals surface area contributed by atoms with Gasteiger partial charge in [-0.05, 0) is 63.4 Å². The number of H-pyrrole nitrogens is 1. The first-order valence-electron chi connectivity index (χ1n) is 8.96. The van der Waals surface area contributed by atoms with E-state index in [1.165, 1.54) is 12.1 Å². The highest BCUT2D eigenvalue weighted by Gasteiger charge is 2.22.